The van der Waals surface area contributed by atoms with Gasteiger partial charge in [0.05, 0.1) is 19.8 Å². The van der Waals surface area contributed by atoms with Gasteiger partial charge in [-0.05, 0) is 12.8 Å². The van der Waals surface area contributed by atoms with Crippen LogP contribution in [-0.2, 0) is 32.7 Å². The summed E-state index contributed by atoms with van der Waals surface area (Å²) >= 11 is 0. The molecule has 0 aromatic rings. The van der Waals surface area contributed by atoms with Crippen LogP contribution in [0.25, 0.3) is 0 Å². The van der Waals surface area contributed by atoms with Gasteiger partial charge >= 0.3 is 19.8 Å². The lowest BCUT2D eigenvalue weighted by molar-refractivity contribution is -0.154. The number of esters is 1. The van der Waals surface area contributed by atoms with E-state index in [0.29, 0.717) is 6.61 Å². The molecule has 0 aliphatic rings. The number of phosphoric acid groups is 1. The lowest BCUT2D eigenvalue weighted by Crippen LogP contribution is -2.34. The van der Waals surface area contributed by atoms with Crippen LogP contribution >= 0.6 is 7.82 Å². The van der Waals surface area contributed by atoms with Crippen molar-refractivity contribution in [3.63, 3.8) is 0 Å². The van der Waals surface area contributed by atoms with Gasteiger partial charge in [0.25, 0.3) is 0 Å². The molecule has 0 aromatic heterocycles. The van der Waals surface area contributed by atoms with Crippen molar-refractivity contribution in [2.24, 2.45) is 5.73 Å². The van der Waals surface area contributed by atoms with Gasteiger partial charge in [-0.3, -0.25) is 18.6 Å². The number of rotatable bonds is 48. The minimum Gasteiger partial charge on any atom is -0.480 e. The Morgan fingerprint density at radius 1 is 0.483 bits per heavy atom. The van der Waals surface area contributed by atoms with Gasteiger partial charge in [-0.2, -0.15) is 0 Å². The number of hydrogen-bond acceptors (Lipinski definition) is 8. The molecule has 0 amide bonds. The third-order valence-corrected chi connectivity index (χ3v) is 12.1. The Labute approximate surface area is 357 Å². The van der Waals surface area contributed by atoms with Crippen molar-refractivity contribution in [3.8, 4) is 0 Å². The van der Waals surface area contributed by atoms with Crippen LogP contribution < -0.4 is 5.73 Å². The summed E-state index contributed by atoms with van der Waals surface area (Å²) in [5.41, 5.74) is 5.37. The zero-order valence-corrected chi connectivity index (χ0v) is 38.8. The lowest BCUT2D eigenvalue weighted by Gasteiger charge is -2.20. The van der Waals surface area contributed by atoms with Gasteiger partial charge in [-0.25, -0.2) is 4.57 Å². The highest BCUT2D eigenvalue weighted by Gasteiger charge is 2.27. The average Bonchev–Trinajstić information content (AvgIpc) is 3.20. The number of carbonyl (C=O) groups is 2. The third kappa shape index (κ3) is 43.1. The maximum atomic E-state index is 12.7. The van der Waals surface area contributed by atoms with Gasteiger partial charge in [0.2, 0.25) is 0 Å². The summed E-state index contributed by atoms with van der Waals surface area (Å²) in [4.78, 5) is 33.6. The second-order valence-corrected chi connectivity index (χ2v) is 18.4. The predicted molar refractivity (Wildman–Crippen MR) is 240 cm³/mol. The number of hydrogen-bond donors (Lipinski definition) is 3. The molecule has 0 saturated heterocycles. The molecule has 0 aliphatic heterocycles. The van der Waals surface area contributed by atoms with E-state index in [2.05, 4.69) is 13.8 Å². The van der Waals surface area contributed by atoms with Crippen molar-refractivity contribution < 1.29 is 42.7 Å². The van der Waals surface area contributed by atoms with Crippen LogP contribution in [0.4, 0.5) is 0 Å². The molecule has 0 aromatic carbocycles. The molecular weight excluding hydrogens is 753 g/mol. The van der Waals surface area contributed by atoms with Crippen LogP contribution in [0, 0.1) is 0 Å². The molecule has 0 fully saturated rings. The average molecular weight is 848 g/mol. The van der Waals surface area contributed by atoms with Gasteiger partial charge in [0.1, 0.15) is 12.1 Å². The quantitative estimate of drug-likeness (QED) is 0.0306. The summed E-state index contributed by atoms with van der Waals surface area (Å²) in [5, 5.41) is 8.91. The predicted octanol–water partition coefficient (Wildman–Crippen LogP) is 13.9. The zero-order valence-electron chi connectivity index (χ0n) is 37.9. The van der Waals surface area contributed by atoms with E-state index in [4.69, 9.17) is 29.4 Å². The monoisotopic (exact) mass is 848 g/mol. The molecule has 346 valence electrons. The fraction of sp³-hybridized carbons (Fsp3) is 0.957. The summed E-state index contributed by atoms with van der Waals surface area (Å²) in [5.74, 6) is -1.76. The van der Waals surface area contributed by atoms with Gasteiger partial charge in [-0.15, -0.1) is 0 Å². The van der Waals surface area contributed by atoms with E-state index in [1.54, 1.807) is 0 Å². The highest BCUT2D eigenvalue weighted by molar-refractivity contribution is 7.47. The minimum absolute atomic E-state index is 0.0260. The number of aliphatic carboxylic acids is 1. The topological polar surface area (TPSA) is 155 Å². The Morgan fingerprint density at radius 3 is 1.14 bits per heavy atom. The van der Waals surface area contributed by atoms with E-state index in [9.17, 15) is 19.0 Å². The SMILES string of the molecule is CCCCCCCCCCCCCCCCCCCCCCCCC(=O)O[C@H](COCCCCCCCCCCCCCCCC)COP(=O)(O)OC[C@H](N)C(=O)O. The Balaban J connectivity index is 4.07. The fourth-order valence-electron chi connectivity index (χ4n) is 7.31. The first-order valence-corrected chi connectivity index (χ1v) is 26.1. The number of unbranched alkanes of at least 4 members (excludes halogenated alkanes) is 34. The van der Waals surface area contributed by atoms with E-state index in [1.807, 2.05) is 0 Å². The maximum absolute atomic E-state index is 12.7. The van der Waals surface area contributed by atoms with Crippen LogP contribution in [0.15, 0.2) is 0 Å². The summed E-state index contributed by atoms with van der Waals surface area (Å²) in [6.45, 7) is 3.95. The molecule has 4 N–H and O–H groups in total. The van der Waals surface area contributed by atoms with Crippen LogP contribution in [0.5, 0.6) is 0 Å². The van der Waals surface area contributed by atoms with Crippen LogP contribution in [-0.4, -0.2) is 60.5 Å². The number of phosphoric ester groups is 1. The van der Waals surface area contributed by atoms with E-state index < -0.39 is 45.1 Å². The molecule has 10 nitrogen and oxygen atoms in total. The largest absolute Gasteiger partial charge is 0.480 e. The van der Waals surface area contributed by atoms with Crippen LogP contribution in [0.2, 0.25) is 0 Å². The van der Waals surface area contributed by atoms with Crippen molar-refractivity contribution in [1.29, 1.82) is 0 Å². The second kappa shape index (κ2) is 44.0. The van der Waals surface area contributed by atoms with Crippen LogP contribution in [0.3, 0.4) is 0 Å². The minimum atomic E-state index is -4.61. The van der Waals surface area contributed by atoms with Gasteiger partial charge in [0.15, 0.2) is 0 Å². The fourth-order valence-corrected chi connectivity index (χ4v) is 8.09. The Hall–Kier alpha value is -1.03. The first-order chi connectivity index (χ1) is 28.2. The molecule has 11 heteroatoms. The van der Waals surface area contributed by atoms with Crippen molar-refractivity contribution in [2.45, 2.75) is 264 Å². The summed E-state index contributed by atoms with van der Waals surface area (Å²) in [6, 6.07) is -1.47. The van der Waals surface area contributed by atoms with Crippen LogP contribution in [0.1, 0.15) is 251 Å². The molecular formula is C47H94NO9P. The van der Waals surface area contributed by atoms with Crippen molar-refractivity contribution in [3.05, 3.63) is 0 Å². The highest BCUT2D eigenvalue weighted by atomic mass is 31.2. The first kappa shape index (κ1) is 57.0. The normalized spacial score (nSPS) is 13.7. The van der Waals surface area contributed by atoms with Crippen molar-refractivity contribution in [2.75, 3.05) is 26.4 Å². The molecule has 0 rings (SSSR count). The van der Waals surface area contributed by atoms with E-state index in [0.717, 1.165) is 38.5 Å². The van der Waals surface area contributed by atoms with E-state index in [1.165, 1.54) is 193 Å². The smallest absolute Gasteiger partial charge is 0.472 e. The molecule has 0 saturated carbocycles. The van der Waals surface area contributed by atoms with Gasteiger partial charge in [0, 0.05) is 13.0 Å². The molecule has 3 atom stereocenters. The summed E-state index contributed by atoms with van der Waals surface area (Å²) < 4.78 is 33.4. The number of carboxylic acid groups (broad SMARTS) is 1. The number of ether oxygens (including phenoxy) is 2. The van der Waals surface area contributed by atoms with Crippen molar-refractivity contribution in [1.82, 2.24) is 0 Å². The summed E-state index contributed by atoms with van der Waals surface area (Å²) in [6.07, 6.45) is 45.9. The van der Waals surface area contributed by atoms with E-state index in [-0.39, 0.29) is 13.0 Å². The number of carboxylic acids is 1. The lowest BCUT2D eigenvalue weighted by atomic mass is 10.0. The Bertz CT molecular complexity index is 940. The van der Waals surface area contributed by atoms with E-state index >= 15 is 0 Å². The summed E-state index contributed by atoms with van der Waals surface area (Å²) in [7, 11) is -4.61. The second-order valence-electron chi connectivity index (χ2n) is 17.0. The number of carbonyl (C=O) groups excluding carboxylic acids is 1. The Kier molecular flexibility index (Phi) is 43.3. The van der Waals surface area contributed by atoms with Crippen molar-refractivity contribution >= 4 is 19.8 Å². The van der Waals surface area contributed by atoms with Gasteiger partial charge < -0.3 is 25.2 Å². The highest BCUT2D eigenvalue weighted by Crippen LogP contribution is 2.43. The molecule has 0 radical (unpaired) electrons. The molecule has 0 aliphatic carbocycles. The Morgan fingerprint density at radius 2 is 0.793 bits per heavy atom. The third-order valence-electron chi connectivity index (χ3n) is 11.1. The molecule has 58 heavy (non-hydrogen) atoms. The molecule has 1 unspecified atom stereocenters. The van der Waals surface area contributed by atoms with Gasteiger partial charge in [-0.1, -0.05) is 232 Å². The standard InChI is InChI=1S/C47H94NO9P/c1-3-5-7-9-11-13-15-17-19-20-21-22-23-24-25-26-27-29-31-33-35-37-39-46(49)57-44(42-55-58(52,53)56-43-45(48)47(50)51)41-54-40-38-36-34-32-30-28-18-16-14-12-10-8-6-4-2/h44-45H,3-43,48H2,1-2H3,(H,50,51)(H,52,53)/t44-,45+/m1/s1. The first-order valence-electron chi connectivity index (χ1n) is 24.6. The molecule has 0 heterocycles. The maximum Gasteiger partial charge on any atom is 0.472 e. The zero-order chi connectivity index (χ0) is 42.6. The molecule has 0 spiro atoms. The number of nitrogens with two attached hydrogens (primary N) is 1. The molecule has 0 bridgehead atoms.